The third kappa shape index (κ3) is 28.9. The molecule has 389 valence electrons. The van der Waals surface area contributed by atoms with E-state index in [0.29, 0.717) is 21.5 Å². The summed E-state index contributed by atoms with van der Waals surface area (Å²) in [7, 11) is 0.892. The van der Waals surface area contributed by atoms with Gasteiger partial charge < -0.3 is 67.4 Å². The first kappa shape index (κ1) is 69.6. The number of carbonyl (C=O) groups is 4. The first-order valence-corrected chi connectivity index (χ1v) is 25.8. The molecule has 6 rings (SSSR count). The molecule has 3 aromatic heterocycles. The zero-order valence-electron chi connectivity index (χ0n) is 40.5. The summed E-state index contributed by atoms with van der Waals surface area (Å²) in [5, 5.41) is 34.3. The van der Waals surface area contributed by atoms with Crippen LogP contribution in [0, 0.1) is 18.5 Å². The van der Waals surface area contributed by atoms with Crippen molar-refractivity contribution in [3.8, 4) is 12.3 Å². The van der Waals surface area contributed by atoms with Crippen LogP contribution in [0.5, 0.6) is 0 Å². The molecule has 1 aliphatic rings. The van der Waals surface area contributed by atoms with Gasteiger partial charge in [-0.05, 0) is 73.1 Å². The zero-order valence-corrected chi connectivity index (χ0v) is 46.6. The van der Waals surface area contributed by atoms with Crippen LogP contribution in [0.2, 0.25) is 0 Å². The van der Waals surface area contributed by atoms with Gasteiger partial charge in [-0.25, -0.2) is 19.2 Å². The Morgan fingerprint density at radius 2 is 1.17 bits per heavy atom. The molecule has 0 aliphatic carbocycles. The van der Waals surface area contributed by atoms with Gasteiger partial charge in [-0.15, -0.1) is 27.5 Å². The van der Waals surface area contributed by atoms with E-state index in [1.807, 2.05) is 48.5 Å². The van der Waals surface area contributed by atoms with Gasteiger partial charge >= 0.3 is 68.9 Å². The Balaban J connectivity index is -0.000000879. The minimum absolute atomic E-state index is 0. The Morgan fingerprint density at radius 1 is 0.771 bits per heavy atom. The number of nitrogens with one attached hydrogen (secondary N) is 5. The molecule has 24 heteroatoms. The molecule has 70 heavy (non-hydrogen) atoms. The summed E-state index contributed by atoms with van der Waals surface area (Å²) in [5.74, 6) is -0.152. The van der Waals surface area contributed by atoms with Crippen molar-refractivity contribution < 1.29 is 88.4 Å². The number of amides is 2. The Labute approximate surface area is 446 Å². The summed E-state index contributed by atoms with van der Waals surface area (Å²) in [6.07, 6.45) is 20.6. The molecule has 7 N–H and O–H groups in total. The molecule has 1 fully saturated rings. The predicted molar refractivity (Wildman–Crippen MR) is 272 cm³/mol. The number of carboxylic acid groups (broad SMARTS) is 2. The molecule has 1 saturated heterocycles. The van der Waals surface area contributed by atoms with Crippen molar-refractivity contribution in [1.29, 1.82) is 0 Å². The van der Waals surface area contributed by atoms with Gasteiger partial charge in [-0.2, -0.15) is 0 Å². The second-order valence-electron chi connectivity index (χ2n) is 14.1. The van der Waals surface area contributed by atoms with Gasteiger partial charge in [-0.3, -0.25) is 10.0 Å². The average molecular weight is 1370 g/mol. The number of carboxylic acids is 2. The molecule has 4 heterocycles. The second-order valence-corrected chi connectivity index (χ2v) is 20.6. The van der Waals surface area contributed by atoms with E-state index in [2.05, 4.69) is 94.4 Å². The number of para-hydroxylation sites is 2. The SMILES string of the molecule is C#CCOC(=O)N[C@H](Cc1c[nH]c2ccccc12)C(=O)O.C1CCOC1.CCP(CC)CC.CCP(CC)CC.O=C(N[C@H](Cc1c[nH]c2ccccc12)C(=O)O)OCc1[c-]nn[nH]1.[Au+].[Au+].[B].[N-]=[N+]=[N-]. The molecule has 5 aromatic rings. The van der Waals surface area contributed by atoms with Gasteiger partial charge in [0.05, 0.1) is 0 Å². The summed E-state index contributed by atoms with van der Waals surface area (Å²) in [4.78, 5) is 53.5. The first-order valence-electron chi connectivity index (χ1n) is 22.0. The molecule has 19 nitrogen and oxygen atoms in total. The minimum atomic E-state index is -1.15. The minimum Gasteiger partial charge on any atom is -0.480 e. The third-order valence-corrected chi connectivity index (χ3v) is 15.3. The van der Waals surface area contributed by atoms with E-state index in [-0.39, 0.29) is 79.2 Å². The first-order chi connectivity index (χ1) is 32.4. The van der Waals surface area contributed by atoms with Crippen LogP contribution in [0.1, 0.15) is 71.2 Å². The van der Waals surface area contributed by atoms with Crippen molar-refractivity contribution in [1.82, 2.24) is 36.0 Å². The fourth-order valence-electron chi connectivity index (χ4n) is 6.17. The number of ether oxygens (including phenoxy) is 3. The maximum atomic E-state index is 11.8. The van der Waals surface area contributed by atoms with Crippen LogP contribution in [-0.2, 0) is 88.0 Å². The molecule has 3 radical (unpaired) electrons. The van der Waals surface area contributed by atoms with Crippen LogP contribution in [0.3, 0.4) is 0 Å². The van der Waals surface area contributed by atoms with Crippen LogP contribution in [0.15, 0.2) is 60.9 Å². The number of H-pyrrole nitrogens is 3. The number of hydrogen-bond donors (Lipinski definition) is 7. The van der Waals surface area contributed by atoms with Gasteiger partial charge in [0.15, 0.2) is 6.61 Å². The van der Waals surface area contributed by atoms with Gasteiger partial charge in [0.2, 0.25) is 0 Å². The summed E-state index contributed by atoms with van der Waals surface area (Å²) < 4.78 is 14.5. The average Bonchev–Trinajstić information content (AvgIpc) is 4.20. The van der Waals surface area contributed by atoms with Crippen LogP contribution >= 0.6 is 15.8 Å². The summed E-state index contributed by atoms with van der Waals surface area (Å²) in [6.45, 7) is 15.4. The van der Waals surface area contributed by atoms with Crippen molar-refractivity contribution in [2.45, 2.75) is 85.9 Å². The normalized spacial score (nSPS) is 11.5. The molecule has 0 unspecified atom stereocenters. The van der Waals surface area contributed by atoms with E-state index < -0.39 is 36.2 Å². The molecule has 2 amide bonds. The van der Waals surface area contributed by atoms with Gasteiger partial charge in [0.1, 0.15) is 18.7 Å². The van der Waals surface area contributed by atoms with E-state index >= 15 is 0 Å². The standard InChI is InChI=1S/C15H14N5O4.C15H14N2O4.2C6H15P.C4H8O.2Au.B.N3/c21-14(22)13(18-15(23)24-8-10-7-17-20-19-10)5-9-6-16-12-4-2-1-3-11(9)12;1-2-7-21-15(20)17-13(14(18)19)8-10-9-16-12-6-4-3-5-11(10)12;2*1-4-7(5-2)6-3;1-2-4-5-3-1;;;;1-3-2/h1-4,6,13,16H,5,8H2,(H,18,23)(H,21,22)(H,17,19,20);1,3-6,9,13,16H,7-8H2,(H,17,20)(H,18,19);2*4-6H2,1-3H3;1-4H2;;;;/q-1;;;;;2*+1;;-1/t2*13-;;;;;;;/m11......./s1. The molecule has 0 bridgehead atoms. The number of rotatable bonds is 17. The molecule has 0 saturated carbocycles. The monoisotopic (exact) mass is 1370 g/mol. The van der Waals surface area contributed by atoms with Gasteiger partial charge in [0, 0.05) is 68.7 Å². The van der Waals surface area contributed by atoms with Gasteiger partial charge in [0.25, 0.3) is 0 Å². The Kier molecular flexibility index (Phi) is 43.0. The van der Waals surface area contributed by atoms with E-state index in [0.717, 1.165) is 46.1 Å². The quantitative estimate of drug-likeness (QED) is 0.00877. The number of hydrogen-bond acceptors (Lipinski definition) is 9. The van der Waals surface area contributed by atoms with E-state index in [1.165, 1.54) is 54.7 Å². The van der Waals surface area contributed by atoms with Crippen LogP contribution in [-0.4, -0.2) is 137 Å². The fraction of sp³-hybridized carbons (Fsp3) is 0.478. The maximum Gasteiger partial charge on any atom is 1.00 e. The van der Waals surface area contributed by atoms with Crippen LogP contribution in [0.4, 0.5) is 9.59 Å². The summed E-state index contributed by atoms with van der Waals surface area (Å²) >= 11 is 0. The largest absolute Gasteiger partial charge is 1.00 e. The Morgan fingerprint density at radius 3 is 1.49 bits per heavy atom. The third-order valence-electron chi connectivity index (χ3n) is 9.94. The van der Waals surface area contributed by atoms with Crippen LogP contribution in [0.25, 0.3) is 37.8 Å². The Hall–Kier alpha value is -4.62. The molecule has 0 spiro atoms. The molecular formula is C46H66Au2BN10O9P2. The summed E-state index contributed by atoms with van der Waals surface area (Å²) in [6, 6.07) is 12.9. The van der Waals surface area contributed by atoms with E-state index in [4.69, 9.17) is 27.0 Å². The number of nitrogens with zero attached hydrogens (tertiary/aromatic N) is 5. The molecule has 1 aliphatic heterocycles. The van der Waals surface area contributed by atoms with Crippen molar-refractivity contribution in [2.75, 3.05) is 56.8 Å². The van der Waals surface area contributed by atoms with Crippen molar-refractivity contribution >= 4 is 70.2 Å². The zero-order chi connectivity index (χ0) is 49.8. The molecule has 2 atom stereocenters. The summed E-state index contributed by atoms with van der Waals surface area (Å²) in [5.41, 5.74) is 17.3. The number of aromatic nitrogens is 5. The predicted octanol–water partition coefficient (Wildman–Crippen LogP) is 8.86. The van der Waals surface area contributed by atoms with Gasteiger partial charge in [-0.1, -0.05) is 89.6 Å². The molecule has 2 aromatic carbocycles. The van der Waals surface area contributed by atoms with Crippen molar-refractivity contribution in [2.24, 2.45) is 0 Å². The van der Waals surface area contributed by atoms with Crippen molar-refractivity contribution in [3.63, 3.8) is 0 Å². The number of alkyl carbamates (subject to hydrolysis) is 2. The number of benzene rings is 2. The number of terminal acetylenes is 1. The number of carbonyl (C=O) groups excluding carboxylic acids is 2. The number of aromatic amines is 3. The van der Waals surface area contributed by atoms with Crippen LogP contribution < -0.4 is 10.6 Å². The number of fused-ring (bicyclic) bond motifs is 2. The van der Waals surface area contributed by atoms with Crippen molar-refractivity contribution in [3.05, 3.63) is 99.9 Å². The molecular weight excluding hydrogens is 1300 g/mol. The second kappa shape index (κ2) is 43.2. The Bertz CT molecular complexity index is 2200. The fourth-order valence-corrected chi connectivity index (χ4v) is 8.85. The number of aliphatic carboxylic acids is 2. The maximum absolute atomic E-state index is 11.8. The van der Waals surface area contributed by atoms with E-state index in [9.17, 15) is 29.4 Å². The smallest absolute Gasteiger partial charge is 0.480 e. The topological polar surface area (TPSA) is 292 Å². The van der Waals surface area contributed by atoms with E-state index in [1.54, 1.807) is 12.4 Å².